The van der Waals surface area contributed by atoms with Crippen molar-refractivity contribution in [3.63, 3.8) is 0 Å². The van der Waals surface area contributed by atoms with E-state index in [-0.39, 0.29) is 23.9 Å². The van der Waals surface area contributed by atoms with E-state index in [1.807, 2.05) is 0 Å². The van der Waals surface area contributed by atoms with Crippen molar-refractivity contribution in [2.24, 2.45) is 5.73 Å². The number of piperazine rings is 1. The fourth-order valence-electron chi connectivity index (χ4n) is 5.13. The first kappa shape index (κ1) is 28.2. The van der Waals surface area contributed by atoms with Gasteiger partial charge in [-0.2, -0.15) is 0 Å². The van der Waals surface area contributed by atoms with E-state index in [0.29, 0.717) is 61.9 Å². The number of likely N-dealkylation sites (N-methyl/N-ethyl adjacent to an activating group) is 1. The first-order valence-electron chi connectivity index (χ1n) is 13.7. The van der Waals surface area contributed by atoms with Crippen molar-refractivity contribution in [3.05, 3.63) is 34.9 Å². The average Bonchev–Trinajstić information content (AvgIpc) is 2.90. The molecule has 2 aromatic rings. The highest BCUT2D eigenvalue weighted by Crippen LogP contribution is 2.25. The molecule has 2 fully saturated rings. The predicted molar refractivity (Wildman–Crippen MR) is 147 cm³/mol. The number of rotatable bonds is 10. The van der Waals surface area contributed by atoms with E-state index >= 15 is 0 Å². The molecule has 0 atom stereocenters. The molecular weight excluding hydrogens is 486 g/mol. The third-order valence-corrected chi connectivity index (χ3v) is 7.72. The second kappa shape index (κ2) is 12.8. The Morgan fingerprint density at radius 2 is 1.82 bits per heavy atom. The summed E-state index contributed by atoms with van der Waals surface area (Å²) in [4.78, 5) is 48.8. The van der Waals surface area contributed by atoms with E-state index in [1.54, 1.807) is 23.1 Å². The number of hydrogen-bond acceptors (Lipinski definition) is 8. The summed E-state index contributed by atoms with van der Waals surface area (Å²) in [6, 6.07) is 5.09. The van der Waals surface area contributed by atoms with Crippen molar-refractivity contribution >= 4 is 28.4 Å². The fourth-order valence-corrected chi connectivity index (χ4v) is 5.13. The lowest BCUT2D eigenvalue weighted by Crippen LogP contribution is -2.49. The first-order valence-corrected chi connectivity index (χ1v) is 13.7. The summed E-state index contributed by atoms with van der Waals surface area (Å²) in [5, 5.41) is 14.5. The van der Waals surface area contributed by atoms with Crippen LogP contribution in [-0.2, 0) is 16.1 Å². The van der Waals surface area contributed by atoms with Crippen molar-refractivity contribution in [3.8, 4) is 0 Å². The number of piperidine rings is 1. The number of unbranched alkanes of at least 4 members (excludes halogenated alkanes) is 1. The number of anilines is 1. The lowest BCUT2D eigenvalue weighted by Gasteiger charge is -2.38. The molecule has 1 aromatic heterocycles. The van der Waals surface area contributed by atoms with Crippen LogP contribution in [0.15, 0.2) is 29.3 Å². The number of benzene rings is 1. The molecule has 0 saturated carbocycles. The summed E-state index contributed by atoms with van der Waals surface area (Å²) in [5.41, 5.74) is 5.28. The highest BCUT2D eigenvalue weighted by molar-refractivity contribution is 5.93. The standard InChI is InChI=1S/C27H41N7O4/c1-31-14-16-32(17-15-31)11-7-24(35)30-21-5-6-22-23(18-21)29-20-34(26(22)37)19-27(38)8-12-33(13-9-27)25(36)4-2-3-10-28/h5-6,18,20,38H,2-4,7-17,19,28H2,1H3,(H,30,35). The van der Waals surface area contributed by atoms with E-state index in [9.17, 15) is 19.5 Å². The van der Waals surface area contributed by atoms with Gasteiger partial charge in [-0.1, -0.05) is 0 Å². The summed E-state index contributed by atoms with van der Waals surface area (Å²) in [6.07, 6.45) is 4.74. The molecule has 0 bridgehead atoms. The molecule has 1 aromatic carbocycles. The van der Waals surface area contributed by atoms with Gasteiger partial charge in [-0.15, -0.1) is 0 Å². The van der Waals surface area contributed by atoms with E-state index in [2.05, 4.69) is 27.1 Å². The molecule has 208 valence electrons. The summed E-state index contributed by atoms with van der Waals surface area (Å²) in [6.45, 7) is 6.31. The van der Waals surface area contributed by atoms with Gasteiger partial charge in [-0.3, -0.25) is 19.0 Å². The molecule has 0 spiro atoms. The van der Waals surface area contributed by atoms with E-state index in [4.69, 9.17) is 5.73 Å². The average molecular weight is 528 g/mol. The lowest BCUT2D eigenvalue weighted by molar-refractivity contribution is -0.136. The molecule has 11 heteroatoms. The molecule has 0 unspecified atom stereocenters. The molecule has 38 heavy (non-hydrogen) atoms. The molecule has 2 amide bonds. The Morgan fingerprint density at radius 1 is 1.08 bits per heavy atom. The zero-order valence-corrected chi connectivity index (χ0v) is 22.4. The largest absolute Gasteiger partial charge is 0.388 e. The minimum atomic E-state index is -1.08. The van der Waals surface area contributed by atoms with Crippen molar-refractivity contribution < 1.29 is 14.7 Å². The van der Waals surface area contributed by atoms with Crippen LogP contribution in [-0.4, -0.2) is 106 Å². The number of nitrogens with one attached hydrogen (secondary N) is 1. The minimum Gasteiger partial charge on any atom is -0.388 e. The van der Waals surface area contributed by atoms with Gasteiger partial charge in [0.2, 0.25) is 11.8 Å². The Kier molecular flexibility index (Phi) is 9.48. The van der Waals surface area contributed by atoms with Crippen LogP contribution in [0, 0.1) is 0 Å². The second-order valence-corrected chi connectivity index (χ2v) is 10.7. The Balaban J connectivity index is 1.32. The van der Waals surface area contributed by atoms with Gasteiger partial charge in [0.1, 0.15) is 0 Å². The van der Waals surface area contributed by atoms with Gasteiger partial charge >= 0.3 is 0 Å². The fraction of sp³-hybridized carbons (Fsp3) is 0.630. The van der Waals surface area contributed by atoms with Crippen molar-refractivity contribution in [2.45, 2.75) is 50.7 Å². The van der Waals surface area contributed by atoms with Crippen LogP contribution in [0.25, 0.3) is 10.9 Å². The molecule has 3 heterocycles. The van der Waals surface area contributed by atoms with Crippen LogP contribution in [0.3, 0.4) is 0 Å². The molecule has 4 rings (SSSR count). The van der Waals surface area contributed by atoms with Gasteiger partial charge in [-0.05, 0) is 57.5 Å². The van der Waals surface area contributed by atoms with Gasteiger partial charge < -0.3 is 30.9 Å². The summed E-state index contributed by atoms with van der Waals surface area (Å²) < 4.78 is 1.44. The van der Waals surface area contributed by atoms with Gasteiger partial charge in [0.15, 0.2) is 0 Å². The topological polar surface area (TPSA) is 137 Å². The maximum absolute atomic E-state index is 13.1. The van der Waals surface area contributed by atoms with Crippen LogP contribution in [0.2, 0.25) is 0 Å². The number of nitrogens with two attached hydrogens (primary N) is 1. The Hall–Kier alpha value is -2.86. The number of carbonyl (C=O) groups is 2. The number of fused-ring (bicyclic) bond motifs is 1. The number of amides is 2. The molecule has 2 aliphatic heterocycles. The maximum atomic E-state index is 13.1. The molecule has 11 nitrogen and oxygen atoms in total. The quantitative estimate of drug-likeness (QED) is 0.379. The SMILES string of the molecule is CN1CCN(CCC(=O)Nc2ccc3c(=O)n(CC4(O)CCN(C(=O)CCCCN)CC4)cnc3c2)CC1. The van der Waals surface area contributed by atoms with Crippen molar-refractivity contribution in [2.75, 3.05) is 64.7 Å². The van der Waals surface area contributed by atoms with Gasteiger partial charge in [0.25, 0.3) is 5.56 Å². The van der Waals surface area contributed by atoms with Crippen LogP contribution >= 0.6 is 0 Å². The number of aromatic nitrogens is 2. The summed E-state index contributed by atoms with van der Waals surface area (Å²) in [5.74, 6) is 0.0234. The molecule has 0 aliphatic carbocycles. The Bertz CT molecular complexity index is 1170. The number of nitrogens with zero attached hydrogens (tertiary/aromatic N) is 5. The normalized spacial score (nSPS) is 18.6. The third-order valence-electron chi connectivity index (χ3n) is 7.72. The highest BCUT2D eigenvalue weighted by atomic mass is 16.3. The smallest absolute Gasteiger partial charge is 0.261 e. The van der Waals surface area contributed by atoms with Gasteiger partial charge in [0, 0.05) is 64.3 Å². The summed E-state index contributed by atoms with van der Waals surface area (Å²) >= 11 is 0. The van der Waals surface area contributed by atoms with E-state index in [1.165, 1.54) is 10.9 Å². The molecule has 0 radical (unpaired) electrons. The molecule has 4 N–H and O–H groups in total. The number of hydrogen-bond donors (Lipinski definition) is 3. The number of aliphatic hydroxyl groups is 1. The zero-order chi connectivity index (χ0) is 27.1. The molecular formula is C27H41N7O4. The molecule has 2 aliphatic rings. The van der Waals surface area contributed by atoms with Crippen molar-refractivity contribution in [1.82, 2.24) is 24.3 Å². The third kappa shape index (κ3) is 7.37. The number of likely N-dealkylation sites (tertiary alicyclic amines) is 1. The predicted octanol–water partition coefficient (Wildman–Crippen LogP) is 0.455. The number of carbonyl (C=O) groups excluding carboxylic acids is 2. The van der Waals surface area contributed by atoms with Gasteiger partial charge in [0.05, 0.1) is 29.4 Å². The first-order chi connectivity index (χ1) is 18.3. The maximum Gasteiger partial charge on any atom is 0.261 e. The van der Waals surface area contributed by atoms with Crippen molar-refractivity contribution in [1.29, 1.82) is 0 Å². The van der Waals surface area contributed by atoms with Crippen LogP contribution in [0.1, 0.15) is 38.5 Å². The summed E-state index contributed by atoms with van der Waals surface area (Å²) in [7, 11) is 2.11. The zero-order valence-electron chi connectivity index (χ0n) is 22.4. The minimum absolute atomic E-state index is 0.0666. The van der Waals surface area contributed by atoms with E-state index < -0.39 is 5.60 Å². The van der Waals surface area contributed by atoms with Crippen LogP contribution < -0.4 is 16.6 Å². The lowest BCUT2D eigenvalue weighted by atomic mass is 9.91. The van der Waals surface area contributed by atoms with Crippen LogP contribution in [0.5, 0.6) is 0 Å². The Labute approximate surface area is 223 Å². The molecule has 2 saturated heterocycles. The van der Waals surface area contributed by atoms with Gasteiger partial charge in [-0.25, -0.2) is 4.98 Å². The second-order valence-electron chi connectivity index (χ2n) is 10.7. The highest BCUT2D eigenvalue weighted by Gasteiger charge is 2.34. The Morgan fingerprint density at radius 3 is 2.53 bits per heavy atom. The van der Waals surface area contributed by atoms with Crippen LogP contribution in [0.4, 0.5) is 5.69 Å². The van der Waals surface area contributed by atoms with E-state index in [0.717, 1.165) is 45.6 Å². The monoisotopic (exact) mass is 527 g/mol.